The fourth-order valence-corrected chi connectivity index (χ4v) is 2.31. The fraction of sp³-hybridized carbons (Fsp3) is 0.235. The van der Waals surface area contributed by atoms with Gasteiger partial charge in [-0.25, -0.2) is 4.79 Å². The second-order valence-corrected chi connectivity index (χ2v) is 5.13. The zero-order valence-electron chi connectivity index (χ0n) is 12.5. The van der Waals surface area contributed by atoms with Gasteiger partial charge in [-0.05, 0) is 42.7 Å². The van der Waals surface area contributed by atoms with Crippen molar-refractivity contribution in [1.29, 1.82) is 0 Å². The van der Waals surface area contributed by atoms with Crippen LogP contribution in [0.2, 0.25) is 0 Å². The Bertz CT molecular complexity index is 683. The third kappa shape index (κ3) is 3.49. The van der Waals surface area contributed by atoms with Gasteiger partial charge >= 0.3 is 5.97 Å². The van der Waals surface area contributed by atoms with Gasteiger partial charge in [-0.15, -0.1) is 0 Å². The Morgan fingerprint density at radius 1 is 1.05 bits per heavy atom. The summed E-state index contributed by atoms with van der Waals surface area (Å²) in [5.74, 6) is -1.01. The number of rotatable bonds is 4. The topological polar surface area (TPSA) is 87.0 Å². The smallest absolute Gasteiger partial charge is 0.347 e. The van der Waals surface area contributed by atoms with Gasteiger partial charge in [0.2, 0.25) is 0 Å². The molecule has 0 aromatic heterocycles. The van der Waals surface area contributed by atoms with Crippen LogP contribution in [0.15, 0.2) is 30.3 Å². The van der Waals surface area contributed by atoms with E-state index >= 15 is 0 Å². The normalized spacial score (nSPS) is 10.5. The maximum absolute atomic E-state index is 12.2. The number of hydrogen-bond donors (Lipinski definition) is 3. The third-order valence-corrected chi connectivity index (χ3v) is 3.20. The molecular formula is C17H18O5. The largest absolute Gasteiger partial charge is 0.508 e. The molecule has 0 saturated heterocycles. The summed E-state index contributed by atoms with van der Waals surface area (Å²) in [5.41, 5.74) is 1.24. The van der Waals surface area contributed by atoms with Gasteiger partial charge in [-0.3, -0.25) is 0 Å². The molecule has 3 N–H and O–H groups in total. The Hall–Kier alpha value is -2.69. The van der Waals surface area contributed by atoms with Gasteiger partial charge < -0.3 is 20.1 Å². The van der Waals surface area contributed by atoms with Gasteiger partial charge in [0.25, 0.3) is 0 Å². The van der Waals surface area contributed by atoms with Crippen LogP contribution in [-0.2, 0) is 6.42 Å². The number of carbonyl (C=O) groups excluding carboxylic acids is 1. The highest BCUT2D eigenvalue weighted by molar-refractivity contribution is 5.95. The van der Waals surface area contributed by atoms with Gasteiger partial charge in [0.15, 0.2) is 0 Å². The van der Waals surface area contributed by atoms with Crippen molar-refractivity contribution < 1.29 is 24.9 Å². The molecule has 2 aromatic rings. The molecule has 0 fully saturated rings. The molecule has 0 saturated carbocycles. The van der Waals surface area contributed by atoms with Crippen LogP contribution in [0.1, 0.15) is 34.8 Å². The van der Waals surface area contributed by atoms with Gasteiger partial charge in [0.1, 0.15) is 28.6 Å². The number of phenolic OH excluding ortho intramolecular Hbond substituents is 3. The lowest BCUT2D eigenvalue weighted by Crippen LogP contribution is -2.10. The van der Waals surface area contributed by atoms with Crippen LogP contribution in [0.5, 0.6) is 23.0 Å². The predicted octanol–water partition coefficient (Wildman–Crippen LogP) is 3.28. The molecule has 0 heterocycles. The predicted molar refractivity (Wildman–Crippen MR) is 81.6 cm³/mol. The Kier molecular flexibility index (Phi) is 4.56. The number of ether oxygens (including phenoxy) is 1. The first kappa shape index (κ1) is 15.7. The monoisotopic (exact) mass is 302 g/mol. The molecule has 0 radical (unpaired) electrons. The van der Waals surface area contributed by atoms with E-state index in [1.807, 2.05) is 6.92 Å². The minimum absolute atomic E-state index is 0.0143. The summed E-state index contributed by atoms with van der Waals surface area (Å²) in [7, 11) is 0. The average molecular weight is 302 g/mol. The molecule has 22 heavy (non-hydrogen) atoms. The van der Waals surface area contributed by atoms with E-state index in [1.54, 1.807) is 19.1 Å². The number of phenols is 3. The molecule has 0 aliphatic rings. The standard InChI is InChI=1S/C17H18O5/c1-3-4-11-6-13(19)8-14(7-11)22-17(21)16-10(2)5-12(18)9-15(16)20/h5-9,18-20H,3-4H2,1-2H3. The number of benzene rings is 2. The maximum atomic E-state index is 12.2. The maximum Gasteiger partial charge on any atom is 0.347 e. The number of aryl methyl sites for hydroxylation is 2. The average Bonchev–Trinajstić information content (AvgIpc) is 2.36. The van der Waals surface area contributed by atoms with Crippen molar-refractivity contribution in [2.24, 2.45) is 0 Å². The summed E-state index contributed by atoms with van der Waals surface area (Å²) in [6.07, 6.45) is 1.65. The summed E-state index contributed by atoms with van der Waals surface area (Å²) in [5, 5.41) is 28.9. The minimum atomic E-state index is -0.747. The van der Waals surface area contributed by atoms with E-state index in [0.29, 0.717) is 5.56 Å². The Labute approximate surface area is 128 Å². The van der Waals surface area contributed by atoms with Crippen molar-refractivity contribution in [2.45, 2.75) is 26.7 Å². The number of esters is 1. The van der Waals surface area contributed by atoms with Gasteiger partial charge in [0.05, 0.1) is 0 Å². The van der Waals surface area contributed by atoms with Crippen molar-refractivity contribution in [3.05, 3.63) is 47.0 Å². The Balaban J connectivity index is 2.29. The van der Waals surface area contributed by atoms with Crippen molar-refractivity contribution in [3.63, 3.8) is 0 Å². The summed E-state index contributed by atoms with van der Waals surface area (Å²) in [4.78, 5) is 12.2. The molecule has 2 rings (SSSR count). The van der Waals surface area contributed by atoms with Crippen LogP contribution < -0.4 is 4.74 Å². The highest BCUT2D eigenvalue weighted by atomic mass is 16.5. The van der Waals surface area contributed by atoms with Crippen LogP contribution in [0.4, 0.5) is 0 Å². The van der Waals surface area contributed by atoms with Crippen LogP contribution >= 0.6 is 0 Å². The zero-order valence-corrected chi connectivity index (χ0v) is 12.5. The summed E-state index contributed by atoms with van der Waals surface area (Å²) >= 11 is 0. The van der Waals surface area contributed by atoms with Crippen molar-refractivity contribution in [2.75, 3.05) is 0 Å². The summed E-state index contributed by atoms with van der Waals surface area (Å²) in [6, 6.07) is 7.07. The second-order valence-electron chi connectivity index (χ2n) is 5.13. The van der Waals surface area contributed by atoms with Gasteiger partial charge in [-0.1, -0.05) is 13.3 Å². The summed E-state index contributed by atoms with van der Waals surface area (Å²) in [6.45, 7) is 3.59. The molecule has 5 nitrogen and oxygen atoms in total. The SMILES string of the molecule is CCCc1cc(O)cc(OC(=O)c2c(C)cc(O)cc2O)c1. The lowest BCUT2D eigenvalue weighted by molar-refractivity contribution is 0.0730. The number of carbonyl (C=O) groups is 1. The minimum Gasteiger partial charge on any atom is -0.508 e. The van der Waals surface area contributed by atoms with Gasteiger partial charge in [0, 0.05) is 12.1 Å². The van der Waals surface area contributed by atoms with E-state index in [4.69, 9.17) is 4.74 Å². The van der Waals surface area contributed by atoms with Crippen molar-refractivity contribution >= 4 is 5.97 Å². The molecule has 0 amide bonds. The molecule has 0 unspecified atom stereocenters. The Morgan fingerprint density at radius 2 is 1.73 bits per heavy atom. The lowest BCUT2D eigenvalue weighted by atomic mass is 10.1. The molecule has 0 atom stereocenters. The molecule has 0 spiro atoms. The Morgan fingerprint density at radius 3 is 2.36 bits per heavy atom. The fourth-order valence-electron chi connectivity index (χ4n) is 2.31. The highest BCUT2D eigenvalue weighted by Gasteiger charge is 2.18. The second kappa shape index (κ2) is 6.39. The zero-order chi connectivity index (χ0) is 16.3. The van der Waals surface area contributed by atoms with E-state index in [2.05, 4.69) is 0 Å². The highest BCUT2D eigenvalue weighted by Crippen LogP contribution is 2.29. The van der Waals surface area contributed by atoms with Crippen LogP contribution in [0.25, 0.3) is 0 Å². The van der Waals surface area contributed by atoms with Crippen LogP contribution in [0, 0.1) is 6.92 Å². The molecule has 0 bridgehead atoms. The van der Waals surface area contributed by atoms with E-state index < -0.39 is 5.97 Å². The van der Waals surface area contributed by atoms with Crippen LogP contribution in [0.3, 0.4) is 0 Å². The first-order valence-corrected chi connectivity index (χ1v) is 6.98. The molecule has 2 aromatic carbocycles. The quantitative estimate of drug-likeness (QED) is 0.596. The first-order valence-electron chi connectivity index (χ1n) is 6.98. The summed E-state index contributed by atoms with van der Waals surface area (Å²) < 4.78 is 5.23. The van der Waals surface area contributed by atoms with Crippen molar-refractivity contribution in [3.8, 4) is 23.0 Å². The molecule has 116 valence electrons. The van der Waals surface area contributed by atoms with Gasteiger partial charge in [-0.2, -0.15) is 0 Å². The van der Waals surface area contributed by atoms with Crippen molar-refractivity contribution in [1.82, 2.24) is 0 Å². The molecule has 0 aliphatic heterocycles. The lowest BCUT2D eigenvalue weighted by Gasteiger charge is -2.10. The van der Waals surface area contributed by atoms with E-state index in [0.717, 1.165) is 24.5 Å². The van der Waals surface area contributed by atoms with E-state index in [1.165, 1.54) is 12.1 Å². The molecular weight excluding hydrogens is 284 g/mol. The number of hydrogen-bond acceptors (Lipinski definition) is 5. The van der Waals surface area contributed by atoms with E-state index in [9.17, 15) is 20.1 Å². The third-order valence-electron chi connectivity index (χ3n) is 3.20. The van der Waals surface area contributed by atoms with E-state index in [-0.39, 0.29) is 28.6 Å². The first-order chi connectivity index (χ1) is 10.4. The molecule has 5 heteroatoms. The van der Waals surface area contributed by atoms with Crippen LogP contribution in [-0.4, -0.2) is 21.3 Å². The number of aromatic hydroxyl groups is 3. The molecule has 0 aliphatic carbocycles.